The highest BCUT2D eigenvalue weighted by Crippen LogP contribution is 2.38. The average Bonchev–Trinajstić information content (AvgIpc) is 3.23. The van der Waals surface area contributed by atoms with Crippen LogP contribution < -0.4 is 4.89 Å². The number of esters is 2. The molecule has 62 heavy (non-hydrogen) atoms. The summed E-state index contributed by atoms with van der Waals surface area (Å²) < 4.78 is 33.8. The Hall–Kier alpha value is -3.07. The summed E-state index contributed by atoms with van der Waals surface area (Å²) in [7, 11) is 1.09. The third-order valence-electron chi connectivity index (χ3n) is 9.62. The molecule has 0 aliphatic heterocycles. The normalized spacial score (nSPS) is 14.4. The van der Waals surface area contributed by atoms with Crippen molar-refractivity contribution in [2.24, 2.45) is 0 Å². The Morgan fingerprint density at radius 2 is 0.968 bits per heavy atom. The fourth-order valence-electron chi connectivity index (χ4n) is 5.91. The molecule has 354 valence electrons. The van der Waals surface area contributed by atoms with Crippen molar-refractivity contribution in [1.82, 2.24) is 0 Å². The monoisotopic (exact) mass is 886 g/mol. The number of likely N-dealkylation sites (N-methyl/N-ethyl adjacent to an activating group) is 1. The maximum absolute atomic E-state index is 12.6. The molecule has 0 aromatic heterocycles. The molecule has 0 rings (SSSR count). The van der Waals surface area contributed by atoms with Crippen molar-refractivity contribution in [3.05, 3.63) is 97.2 Å². The van der Waals surface area contributed by atoms with Crippen LogP contribution in [0.4, 0.5) is 0 Å². The maximum Gasteiger partial charge on any atom is 0.310 e. The van der Waals surface area contributed by atoms with E-state index in [1.165, 1.54) is 64.2 Å². The second kappa shape index (κ2) is 43.2. The van der Waals surface area contributed by atoms with Crippen molar-refractivity contribution < 1.29 is 42.1 Å². The zero-order chi connectivity index (χ0) is 45.7. The van der Waals surface area contributed by atoms with Gasteiger partial charge in [0.25, 0.3) is 7.82 Å². The lowest BCUT2D eigenvalue weighted by atomic mass is 10.1. The average molecular weight is 886 g/mol. The molecule has 0 heterocycles. The summed E-state index contributed by atoms with van der Waals surface area (Å²) in [6.45, 7) is 3.96. The Morgan fingerprint density at radius 3 is 1.45 bits per heavy atom. The second-order valence-electron chi connectivity index (χ2n) is 16.8. The quantitative estimate of drug-likeness (QED) is 0.0196. The summed E-state index contributed by atoms with van der Waals surface area (Å²) in [5.41, 5.74) is 0. The lowest BCUT2D eigenvalue weighted by Gasteiger charge is -2.28. The molecular weight excluding hydrogens is 798 g/mol. The molecule has 0 aromatic carbocycles. The Kier molecular flexibility index (Phi) is 41.1. The van der Waals surface area contributed by atoms with Gasteiger partial charge in [0.15, 0.2) is 6.10 Å². The first-order chi connectivity index (χ1) is 30.0. The van der Waals surface area contributed by atoms with Crippen LogP contribution in [-0.2, 0) is 32.7 Å². The molecule has 0 N–H and O–H groups in total. The van der Waals surface area contributed by atoms with Gasteiger partial charge in [0, 0.05) is 6.42 Å². The summed E-state index contributed by atoms with van der Waals surface area (Å²) in [4.78, 5) is 37.5. The number of nitrogens with zero attached hydrogens (tertiary/aromatic N) is 1. The predicted molar refractivity (Wildman–Crippen MR) is 259 cm³/mol. The Bertz CT molecular complexity index is 1370. The third kappa shape index (κ3) is 46.4. The van der Waals surface area contributed by atoms with E-state index in [-0.39, 0.29) is 26.1 Å². The van der Waals surface area contributed by atoms with Gasteiger partial charge >= 0.3 is 11.9 Å². The molecule has 0 radical (unpaired) electrons. The highest BCUT2D eigenvalue weighted by atomic mass is 31.2. The van der Waals surface area contributed by atoms with E-state index in [0.717, 1.165) is 64.2 Å². The number of hydrogen-bond donors (Lipinski definition) is 0. The molecule has 0 spiro atoms. The molecule has 0 aliphatic carbocycles. The number of carbonyl (C=O) groups is 2. The van der Waals surface area contributed by atoms with E-state index in [2.05, 4.69) is 92.8 Å². The zero-order valence-corrected chi connectivity index (χ0v) is 40.7. The number of ether oxygens (including phenoxy) is 2. The lowest BCUT2D eigenvalue weighted by Crippen LogP contribution is -2.37. The molecule has 0 amide bonds. The highest BCUT2D eigenvalue weighted by Gasteiger charge is 2.21. The summed E-state index contributed by atoms with van der Waals surface area (Å²) in [6, 6.07) is 0. The van der Waals surface area contributed by atoms with Gasteiger partial charge in [-0.2, -0.15) is 0 Å². The molecule has 2 atom stereocenters. The van der Waals surface area contributed by atoms with E-state index in [0.29, 0.717) is 23.9 Å². The zero-order valence-electron chi connectivity index (χ0n) is 39.8. The maximum atomic E-state index is 12.6. The van der Waals surface area contributed by atoms with E-state index in [4.69, 9.17) is 18.5 Å². The molecule has 0 aromatic rings. The minimum atomic E-state index is -4.66. The smallest absolute Gasteiger partial charge is 0.310 e. The summed E-state index contributed by atoms with van der Waals surface area (Å²) in [5.74, 6) is -0.998. The van der Waals surface area contributed by atoms with Gasteiger partial charge in [-0.1, -0.05) is 175 Å². The molecular formula is C52H88NO8P. The standard InChI is InChI=1S/C52H88NO8P/c1-6-8-10-12-14-16-18-20-22-23-24-25-26-27-28-29-31-32-34-36-38-40-42-44-51(54)58-48-50(49-60-62(56,57)59-47-46-53(3,4)5)61-52(55)45-43-41-39-37-35-33-30-21-19-17-15-13-11-9-7-2/h9,11,15,17-18,20-21,23-24,26-27,30,35,37,41,43,50H,6-8,10,12-14,16,19,22,25,28-29,31-34,36,38-40,42,44-49H2,1-5H3/b11-9-,17-15-,20-18-,24-23-,27-26-,30-21-,37-35-,43-41-. The van der Waals surface area contributed by atoms with Crippen LogP contribution in [0.3, 0.4) is 0 Å². The number of hydrogen-bond acceptors (Lipinski definition) is 8. The summed E-state index contributed by atoms with van der Waals surface area (Å²) >= 11 is 0. The van der Waals surface area contributed by atoms with Crippen LogP contribution in [0.25, 0.3) is 0 Å². The SMILES string of the molecule is CC/C=C\C/C=C\C/C=C\C/C=C\C/C=C\CC(=O)OC(COC(=O)CCCCCCCCCC/C=C\C/C=C\C/C=C\CCCCCCC)COP(=O)([O-])OCC[N+](C)(C)C. The fourth-order valence-corrected chi connectivity index (χ4v) is 6.64. The Labute approximate surface area is 379 Å². The van der Waals surface area contributed by atoms with Gasteiger partial charge in [0.1, 0.15) is 19.8 Å². The van der Waals surface area contributed by atoms with Gasteiger partial charge in [-0.05, 0) is 77.0 Å². The predicted octanol–water partition coefficient (Wildman–Crippen LogP) is 13.5. The van der Waals surface area contributed by atoms with Crippen LogP contribution in [0.5, 0.6) is 0 Å². The Balaban J connectivity index is 4.39. The number of allylic oxidation sites excluding steroid dienone is 15. The number of rotatable bonds is 42. The van der Waals surface area contributed by atoms with Gasteiger partial charge in [-0.25, -0.2) is 0 Å². The lowest BCUT2D eigenvalue weighted by molar-refractivity contribution is -0.870. The van der Waals surface area contributed by atoms with Gasteiger partial charge in [0.05, 0.1) is 34.2 Å². The highest BCUT2D eigenvalue weighted by molar-refractivity contribution is 7.45. The topological polar surface area (TPSA) is 111 Å². The Morgan fingerprint density at radius 1 is 0.532 bits per heavy atom. The number of phosphoric ester groups is 1. The van der Waals surface area contributed by atoms with Crippen LogP contribution in [0, 0.1) is 0 Å². The van der Waals surface area contributed by atoms with Crippen LogP contribution in [-0.4, -0.2) is 70.0 Å². The van der Waals surface area contributed by atoms with E-state index in [1.807, 2.05) is 33.3 Å². The van der Waals surface area contributed by atoms with Gasteiger partial charge in [-0.3, -0.25) is 14.2 Å². The van der Waals surface area contributed by atoms with Crippen LogP contribution >= 0.6 is 7.82 Å². The first-order valence-electron chi connectivity index (χ1n) is 23.9. The molecule has 2 unspecified atom stereocenters. The van der Waals surface area contributed by atoms with Crippen LogP contribution in [0.1, 0.15) is 168 Å². The van der Waals surface area contributed by atoms with Crippen molar-refractivity contribution in [3.63, 3.8) is 0 Å². The molecule has 0 aliphatic rings. The third-order valence-corrected chi connectivity index (χ3v) is 10.6. The summed E-state index contributed by atoms with van der Waals surface area (Å²) in [6.07, 6.45) is 57.6. The molecule has 0 fully saturated rings. The van der Waals surface area contributed by atoms with Crippen molar-refractivity contribution in [3.8, 4) is 0 Å². The van der Waals surface area contributed by atoms with Gasteiger partial charge in [-0.15, -0.1) is 0 Å². The minimum absolute atomic E-state index is 0.0142. The van der Waals surface area contributed by atoms with E-state index in [9.17, 15) is 19.0 Å². The van der Waals surface area contributed by atoms with E-state index in [1.54, 1.807) is 6.08 Å². The molecule has 0 saturated carbocycles. The van der Waals surface area contributed by atoms with E-state index >= 15 is 0 Å². The number of quaternary nitrogens is 1. The largest absolute Gasteiger partial charge is 0.756 e. The molecule has 10 heteroatoms. The first-order valence-corrected chi connectivity index (χ1v) is 25.4. The molecule has 9 nitrogen and oxygen atoms in total. The second-order valence-corrected chi connectivity index (χ2v) is 18.2. The minimum Gasteiger partial charge on any atom is -0.756 e. The van der Waals surface area contributed by atoms with Crippen molar-refractivity contribution in [2.45, 2.75) is 174 Å². The summed E-state index contributed by atoms with van der Waals surface area (Å²) in [5, 5.41) is 0. The van der Waals surface area contributed by atoms with E-state index < -0.39 is 32.5 Å². The number of unbranched alkanes of at least 4 members (excludes halogenated alkanes) is 13. The fraction of sp³-hybridized carbons (Fsp3) is 0.654. The van der Waals surface area contributed by atoms with Gasteiger partial charge < -0.3 is 27.9 Å². The van der Waals surface area contributed by atoms with Crippen molar-refractivity contribution in [1.29, 1.82) is 0 Å². The first kappa shape index (κ1) is 58.9. The number of carbonyl (C=O) groups excluding carboxylic acids is 2. The van der Waals surface area contributed by atoms with Crippen molar-refractivity contribution >= 4 is 19.8 Å². The molecule has 0 bridgehead atoms. The van der Waals surface area contributed by atoms with Crippen LogP contribution in [0.15, 0.2) is 97.2 Å². The van der Waals surface area contributed by atoms with Crippen molar-refractivity contribution in [2.75, 3.05) is 47.5 Å². The molecule has 0 saturated heterocycles. The number of phosphoric acid groups is 1. The van der Waals surface area contributed by atoms with Crippen LogP contribution in [0.2, 0.25) is 0 Å². The van der Waals surface area contributed by atoms with Gasteiger partial charge in [0.2, 0.25) is 0 Å².